The van der Waals surface area contributed by atoms with E-state index in [4.69, 9.17) is 0 Å². The average Bonchev–Trinajstić information content (AvgIpc) is 2.06. The summed E-state index contributed by atoms with van der Waals surface area (Å²) in [6.07, 6.45) is 5.71. The van der Waals surface area contributed by atoms with Crippen molar-refractivity contribution in [1.29, 1.82) is 0 Å². The predicted molar refractivity (Wildman–Crippen MR) is 27.1 cm³/mol. The van der Waals surface area contributed by atoms with E-state index in [2.05, 4.69) is 6.30 Å². The molecule has 0 amide bonds. The first kappa shape index (κ1) is 4.29. The molecule has 0 heterocycles. The minimum absolute atomic E-state index is 0.500. The fourth-order valence-electron chi connectivity index (χ4n) is 0.363. The van der Waals surface area contributed by atoms with Gasteiger partial charge in [-0.05, 0) is 12.8 Å². The Kier molecular flexibility index (Phi) is 0.947. The van der Waals surface area contributed by atoms with Gasteiger partial charge in [0.15, 0.2) is 0 Å². The first-order valence-corrected chi connectivity index (χ1v) is 3.59. The molecule has 0 N–H and O–H groups in total. The summed E-state index contributed by atoms with van der Waals surface area (Å²) >= 11 is 0. The molecule has 34 valence electrons. The molecule has 0 saturated heterocycles. The second-order valence-corrected chi connectivity index (χ2v) is 3.21. The molecule has 1 aliphatic rings. The van der Waals surface area contributed by atoms with Crippen LogP contribution in [0.5, 0.6) is 0 Å². The molecule has 0 bridgehead atoms. The maximum Gasteiger partial charge on any atom is 0.112 e. The van der Waals surface area contributed by atoms with Crippen LogP contribution in [-0.2, 0) is 0 Å². The Morgan fingerprint density at radius 1 is 1.67 bits per heavy atom. The molecule has 0 aliphatic heterocycles. The summed E-state index contributed by atoms with van der Waals surface area (Å²) in [4.78, 5) is 10.2. The van der Waals surface area contributed by atoms with Crippen LogP contribution < -0.4 is 4.89 Å². The van der Waals surface area contributed by atoms with E-state index in [1.165, 1.54) is 0 Å². The lowest BCUT2D eigenvalue weighted by Crippen LogP contribution is -1.88. The zero-order chi connectivity index (χ0) is 4.57. The molecular formula is C4H7OP. The Morgan fingerprint density at radius 2 is 2.17 bits per heavy atom. The number of rotatable bonds is 1. The van der Waals surface area contributed by atoms with Crippen LogP contribution >= 0.6 is 7.77 Å². The van der Waals surface area contributed by atoms with Crippen LogP contribution in [0.3, 0.4) is 0 Å². The molecule has 1 rings (SSSR count). The number of hydrogen-bond acceptors (Lipinski definition) is 1. The van der Waals surface area contributed by atoms with Crippen LogP contribution in [0.4, 0.5) is 0 Å². The third kappa shape index (κ3) is 0.796. The zero-order valence-corrected chi connectivity index (χ0v) is 4.45. The van der Waals surface area contributed by atoms with Gasteiger partial charge in [0.2, 0.25) is 0 Å². The van der Waals surface area contributed by atoms with E-state index in [1.54, 1.807) is 0 Å². The Balaban J connectivity index is 2.31. The van der Waals surface area contributed by atoms with Crippen LogP contribution in [0.25, 0.3) is 0 Å². The van der Waals surface area contributed by atoms with Crippen molar-refractivity contribution >= 4 is 14.1 Å². The Bertz CT molecular complexity index is 75.6. The summed E-state index contributed by atoms with van der Waals surface area (Å²) in [5.41, 5.74) is 0.500. The van der Waals surface area contributed by atoms with Crippen molar-refractivity contribution in [3.8, 4) is 0 Å². The van der Waals surface area contributed by atoms with Crippen molar-refractivity contribution in [2.75, 3.05) is 0 Å². The van der Waals surface area contributed by atoms with Gasteiger partial charge in [-0.2, -0.15) is 0 Å². The smallest absolute Gasteiger partial charge is 0.112 e. The summed E-state index contributed by atoms with van der Waals surface area (Å²) < 4.78 is 0. The highest BCUT2D eigenvalue weighted by atomic mass is 31.1. The van der Waals surface area contributed by atoms with Gasteiger partial charge in [0.1, 0.15) is 5.66 Å². The predicted octanol–water partition coefficient (Wildman–Crippen LogP) is 0.338. The van der Waals surface area contributed by atoms with Crippen molar-refractivity contribution in [3.63, 3.8) is 0 Å². The molecule has 1 nitrogen and oxygen atoms in total. The lowest BCUT2D eigenvalue weighted by atomic mass is 11.0. The van der Waals surface area contributed by atoms with Crippen LogP contribution in [-0.4, -0.2) is 12.0 Å². The Hall–Kier alpha value is 0.130. The topological polar surface area (TPSA) is 23.1 Å². The molecule has 1 unspecified atom stereocenters. The average molecular weight is 102 g/mol. The number of hydrogen-bond donors (Lipinski definition) is 0. The SMILES string of the molecule is C=[P+]([O-])C1CC1. The molecule has 2 heteroatoms. The van der Waals surface area contributed by atoms with E-state index < -0.39 is 7.77 Å². The van der Waals surface area contributed by atoms with E-state index >= 15 is 0 Å². The monoisotopic (exact) mass is 102 g/mol. The minimum Gasteiger partial charge on any atom is -0.631 e. The summed E-state index contributed by atoms with van der Waals surface area (Å²) in [6.45, 7) is 0. The third-order valence-electron chi connectivity index (χ3n) is 0.954. The van der Waals surface area contributed by atoms with Gasteiger partial charge in [-0.1, -0.05) is 0 Å². The highest BCUT2D eigenvalue weighted by Crippen LogP contribution is 2.38. The van der Waals surface area contributed by atoms with Crippen molar-refractivity contribution < 1.29 is 4.89 Å². The van der Waals surface area contributed by atoms with Crippen LogP contribution in [0, 0.1) is 0 Å². The lowest BCUT2D eigenvalue weighted by molar-refractivity contribution is -0.153. The fourth-order valence-corrected chi connectivity index (χ4v) is 1.09. The van der Waals surface area contributed by atoms with Crippen molar-refractivity contribution in [1.82, 2.24) is 0 Å². The van der Waals surface area contributed by atoms with Crippen molar-refractivity contribution in [2.45, 2.75) is 18.5 Å². The van der Waals surface area contributed by atoms with Crippen molar-refractivity contribution in [2.24, 2.45) is 0 Å². The summed E-state index contributed by atoms with van der Waals surface area (Å²) in [5.74, 6) is 0. The first-order chi connectivity index (χ1) is 2.80. The second-order valence-electron chi connectivity index (χ2n) is 1.65. The molecule has 6 heavy (non-hydrogen) atoms. The van der Waals surface area contributed by atoms with Crippen molar-refractivity contribution in [3.05, 3.63) is 0 Å². The van der Waals surface area contributed by atoms with Crippen LogP contribution in [0.1, 0.15) is 12.8 Å². The van der Waals surface area contributed by atoms with E-state index in [0.717, 1.165) is 12.8 Å². The second kappa shape index (κ2) is 1.32. The zero-order valence-electron chi connectivity index (χ0n) is 3.55. The van der Waals surface area contributed by atoms with Gasteiger partial charge in [-0.15, -0.1) is 0 Å². The van der Waals surface area contributed by atoms with Gasteiger partial charge in [0.25, 0.3) is 0 Å². The standard InChI is InChI=1S/C4H7OP/c1-6(5)4-2-3-4/h4H,1-3H2. The molecule has 0 aromatic rings. The molecule has 1 atom stereocenters. The van der Waals surface area contributed by atoms with Crippen LogP contribution in [0.2, 0.25) is 0 Å². The van der Waals surface area contributed by atoms with E-state index in [1.807, 2.05) is 0 Å². The van der Waals surface area contributed by atoms with E-state index in [-0.39, 0.29) is 0 Å². The molecule has 1 aliphatic carbocycles. The van der Waals surface area contributed by atoms with Gasteiger partial charge in [-0.3, -0.25) is 0 Å². The molecule has 0 spiro atoms. The molecule has 0 radical (unpaired) electrons. The van der Waals surface area contributed by atoms with E-state index in [9.17, 15) is 4.89 Å². The lowest BCUT2D eigenvalue weighted by Gasteiger charge is -1.84. The van der Waals surface area contributed by atoms with Gasteiger partial charge in [0.05, 0.1) is 6.30 Å². The molecular weight excluding hydrogens is 95.0 g/mol. The Morgan fingerprint density at radius 3 is 2.17 bits per heavy atom. The highest BCUT2D eigenvalue weighted by molar-refractivity contribution is 7.49. The Labute approximate surface area is 38.5 Å². The quantitative estimate of drug-likeness (QED) is 0.438. The molecule has 0 aromatic heterocycles. The summed E-state index contributed by atoms with van der Waals surface area (Å²) in [5, 5.41) is 0. The fraction of sp³-hybridized carbons (Fsp3) is 0.750. The van der Waals surface area contributed by atoms with Gasteiger partial charge >= 0.3 is 0 Å². The summed E-state index contributed by atoms with van der Waals surface area (Å²) in [6, 6.07) is 0. The molecule has 0 aromatic carbocycles. The summed E-state index contributed by atoms with van der Waals surface area (Å²) in [7, 11) is -1.05. The highest BCUT2D eigenvalue weighted by Gasteiger charge is 2.28. The molecule has 1 saturated carbocycles. The van der Waals surface area contributed by atoms with Gasteiger partial charge in [0, 0.05) is 7.77 Å². The molecule has 1 fully saturated rings. The largest absolute Gasteiger partial charge is 0.631 e. The van der Waals surface area contributed by atoms with Crippen LogP contribution in [0.15, 0.2) is 0 Å². The van der Waals surface area contributed by atoms with Gasteiger partial charge in [-0.25, -0.2) is 0 Å². The first-order valence-electron chi connectivity index (χ1n) is 2.07. The maximum absolute atomic E-state index is 10.2. The van der Waals surface area contributed by atoms with Gasteiger partial charge < -0.3 is 4.89 Å². The third-order valence-corrected chi connectivity index (χ3v) is 2.29. The maximum atomic E-state index is 10.2. The van der Waals surface area contributed by atoms with E-state index in [0.29, 0.717) is 5.66 Å². The normalized spacial score (nSPS) is 23.8. The minimum atomic E-state index is -1.05.